The quantitative estimate of drug-likeness (QED) is 0.353. The van der Waals surface area contributed by atoms with Crippen LogP contribution in [0.15, 0.2) is 11.6 Å². The van der Waals surface area contributed by atoms with Crippen molar-refractivity contribution in [2.24, 2.45) is 0 Å². The zero-order valence-electron chi connectivity index (χ0n) is 12.1. The average molecular weight is 270 g/mol. The van der Waals surface area contributed by atoms with Gasteiger partial charge in [-0.2, -0.15) is 0 Å². The Labute approximate surface area is 115 Å². The van der Waals surface area contributed by atoms with Gasteiger partial charge in [0.05, 0.1) is 6.61 Å². The van der Waals surface area contributed by atoms with Crippen molar-refractivity contribution in [1.29, 1.82) is 0 Å². The van der Waals surface area contributed by atoms with Crippen LogP contribution >= 0.6 is 0 Å². The number of esters is 1. The van der Waals surface area contributed by atoms with Crippen LogP contribution in [0.2, 0.25) is 0 Å². The van der Waals surface area contributed by atoms with Crippen LogP contribution in [-0.2, 0) is 14.3 Å². The zero-order chi connectivity index (χ0) is 14.5. The van der Waals surface area contributed by atoms with Crippen molar-refractivity contribution in [3.63, 3.8) is 0 Å². The molecule has 0 spiro atoms. The van der Waals surface area contributed by atoms with Gasteiger partial charge in [0.2, 0.25) is 0 Å². The van der Waals surface area contributed by atoms with Crippen molar-refractivity contribution in [3.05, 3.63) is 11.6 Å². The summed E-state index contributed by atoms with van der Waals surface area (Å²) in [5.74, 6) is -1.66. The molecule has 0 aromatic heterocycles. The average Bonchev–Trinajstić information content (AvgIpc) is 2.36. The molecule has 19 heavy (non-hydrogen) atoms. The Kier molecular flexibility index (Phi) is 10.9. The number of hydrogen-bond acceptors (Lipinski definition) is 3. The lowest BCUT2D eigenvalue weighted by atomic mass is 10.1. The van der Waals surface area contributed by atoms with Crippen molar-refractivity contribution in [1.82, 2.24) is 0 Å². The molecule has 0 fully saturated rings. The molecule has 110 valence electrons. The molecule has 0 saturated heterocycles. The highest BCUT2D eigenvalue weighted by Gasteiger charge is 2.04. The fourth-order valence-electron chi connectivity index (χ4n) is 1.69. The Morgan fingerprint density at radius 1 is 1.00 bits per heavy atom. The molecule has 0 aromatic rings. The fourth-order valence-corrected chi connectivity index (χ4v) is 1.69. The Hall–Kier alpha value is -1.32. The van der Waals surface area contributed by atoms with Gasteiger partial charge >= 0.3 is 11.9 Å². The predicted molar refractivity (Wildman–Crippen MR) is 75.0 cm³/mol. The maximum atomic E-state index is 11.2. The second-order valence-corrected chi connectivity index (χ2v) is 4.77. The summed E-state index contributed by atoms with van der Waals surface area (Å²) >= 11 is 0. The first-order valence-electron chi connectivity index (χ1n) is 7.16. The van der Waals surface area contributed by atoms with Gasteiger partial charge in [0.1, 0.15) is 0 Å². The topological polar surface area (TPSA) is 63.6 Å². The predicted octanol–water partition coefficient (Wildman–Crippen LogP) is 3.70. The van der Waals surface area contributed by atoms with E-state index in [9.17, 15) is 9.59 Å². The van der Waals surface area contributed by atoms with E-state index in [1.54, 1.807) is 0 Å². The van der Waals surface area contributed by atoms with E-state index in [2.05, 4.69) is 6.92 Å². The summed E-state index contributed by atoms with van der Waals surface area (Å²) in [6, 6.07) is 0. The Balaban J connectivity index is 3.42. The Morgan fingerprint density at radius 2 is 1.53 bits per heavy atom. The number of rotatable bonds is 11. The summed E-state index contributed by atoms with van der Waals surface area (Å²) in [6.45, 7) is 3.95. The van der Waals surface area contributed by atoms with E-state index in [1.165, 1.54) is 45.4 Å². The number of carboxylic acid groups (broad SMARTS) is 1. The number of unbranched alkanes of at least 4 members (excludes halogenated alkanes) is 7. The maximum Gasteiger partial charge on any atom is 0.331 e. The second-order valence-electron chi connectivity index (χ2n) is 4.77. The van der Waals surface area contributed by atoms with E-state index in [1.807, 2.05) is 0 Å². The van der Waals surface area contributed by atoms with Crippen molar-refractivity contribution < 1.29 is 19.4 Å². The van der Waals surface area contributed by atoms with Gasteiger partial charge in [-0.3, -0.25) is 0 Å². The first-order valence-corrected chi connectivity index (χ1v) is 7.16. The third-order valence-corrected chi connectivity index (χ3v) is 2.91. The SMILES string of the molecule is CCCCCCCCCCOC(=O)/C=C(/C)C(=O)O. The standard InChI is InChI=1S/C15H26O4/c1-3-4-5-6-7-8-9-10-11-19-14(16)12-13(2)15(17)18/h12H,3-11H2,1-2H3,(H,17,18)/b13-12-. The number of ether oxygens (including phenoxy) is 1. The molecule has 0 atom stereocenters. The molecule has 0 aliphatic heterocycles. The highest BCUT2D eigenvalue weighted by molar-refractivity contribution is 5.94. The number of aliphatic carboxylic acids is 1. The van der Waals surface area contributed by atoms with E-state index in [-0.39, 0.29) is 5.57 Å². The van der Waals surface area contributed by atoms with Crippen LogP contribution in [0.1, 0.15) is 65.2 Å². The van der Waals surface area contributed by atoms with Gasteiger partial charge in [-0.1, -0.05) is 51.9 Å². The molecule has 0 rings (SSSR count). The summed E-state index contributed by atoms with van der Waals surface area (Å²) in [7, 11) is 0. The largest absolute Gasteiger partial charge is 0.478 e. The zero-order valence-corrected chi connectivity index (χ0v) is 12.1. The first kappa shape index (κ1) is 17.7. The molecule has 0 radical (unpaired) electrons. The summed E-state index contributed by atoms with van der Waals surface area (Å²) in [6.07, 6.45) is 10.5. The van der Waals surface area contributed by atoms with Crippen LogP contribution in [-0.4, -0.2) is 23.7 Å². The Bertz CT molecular complexity index is 295. The lowest BCUT2D eigenvalue weighted by Gasteiger charge is -2.03. The van der Waals surface area contributed by atoms with Gasteiger partial charge in [0.15, 0.2) is 0 Å². The van der Waals surface area contributed by atoms with Crippen LogP contribution in [0.25, 0.3) is 0 Å². The molecule has 4 heteroatoms. The molecule has 0 unspecified atom stereocenters. The Morgan fingerprint density at radius 3 is 2.05 bits per heavy atom. The monoisotopic (exact) mass is 270 g/mol. The van der Waals surface area contributed by atoms with Gasteiger partial charge in [-0.05, 0) is 13.3 Å². The van der Waals surface area contributed by atoms with Gasteiger partial charge < -0.3 is 9.84 Å². The highest BCUT2D eigenvalue weighted by atomic mass is 16.5. The smallest absolute Gasteiger partial charge is 0.331 e. The maximum absolute atomic E-state index is 11.2. The molecule has 0 heterocycles. The molecule has 0 amide bonds. The summed E-state index contributed by atoms with van der Waals surface area (Å²) < 4.78 is 4.93. The molecule has 0 aliphatic carbocycles. The van der Waals surface area contributed by atoms with E-state index < -0.39 is 11.9 Å². The van der Waals surface area contributed by atoms with E-state index in [0.717, 1.165) is 18.9 Å². The molecule has 0 bridgehead atoms. The van der Waals surface area contributed by atoms with Crippen LogP contribution in [0.3, 0.4) is 0 Å². The molecule has 4 nitrogen and oxygen atoms in total. The summed E-state index contributed by atoms with van der Waals surface area (Å²) in [5, 5.41) is 8.59. The minimum absolute atomic E-state index is 0.000856. The molecule has 0 saturated carbocycles. The van der Waals surface area contributed by atoms with Crippen LogP contribution in [0, 0.1) is 0 Å². The van der Waals surface area contributed by atoms with E-state index in [4.69, 9.17) is 9.84 Å². The van der Waals surface area contributed by atoms with Crippen molar-refractivity contribution >= 4 is 11.9 Å². The highest BCUT2D eigenvalue weighted by Crippen LogP contribution is 2.08. The minimum Gasteiger partial charge on any atom is -0.478 e. The number of hydrogen-bond donors (Lipinski definition) is 1. The second kappa shape index (κ2) is 11.8. The number of carbonyl (C=O) groups excluding carboxylic acids is 1. The molecular weight excluding hydrogens is 244 g/mol. The minimum atomic E-state index is -1.09. The van der Waals surface area contributed by atoms with Gasteiger partial charge in [0.25, 0.3) is 0 Å². The normalized spacial score (nSPS) is 11.4. The van der Waals surface area contributed by atoms with Gasteiger partial charge in [-0.15, -0.1) is 0 Å². The lowest BCUT2D eigenvalue weighted by Crippen LogP contribution is -2.06. The third kappa shape index (κ3) is 11.5. The van der Waals surface area contributed by atoms with Crippen LogP contribution < -0.4 is 0 Å². The van der Waals surface area contributed by atoms with Gasteiger partial charge in [0, 0.05) is 11.6 Å². The summed E-state index contributed by atoms with van der Waals surface area (Å²) in [4.78, 5) is 21.7. The number of carbonyl (C=O) groups is 2. The first-order chi connectivity index (χ1) is 9.07. The van der Waals surface area contributed by atoms with Crippen molar-refractivity contribution in [2.45, 2.75) is 65.2 Å². The molecule has 0 aromatic carbocycles. The van der Waals surface area contributed by atoms with E-state index in [0.29, 0.717) is 6.61 Å². The fraction of sp³-hybridized carbons (Fsp3) is 0.733. The number of carboxylic acids is 1. The van der Waals surface area contributed by atoms with Crippen LogP contribution in [0.4, 0.5) is 0 Å². The molecule has 1 N–H and O–H groups in total. The van der Waals surface area contributed by atoms with Crippen LogP contribution in [0.5, 0.6) is 0 Å². The molecule has 0 aliphatic rings. The molecular formula is C15H26O4. The van der Waals surface area contributed by atoms with Crippen molar-refractivity contribution in [2.75, 3.05) is 6.61 Å². The van der Waals surface area contributed by atoms with E-state index >= 15 is 0 Å². The summed E-state index contributed by atoms with van der Waals surface area (Å²) in [5.41, 5.74) is 0.000856. The lowest BCUT2D eigenvalue weighted by molar-refractivity contribution is -0.139. The van der Waals surface area contributed by atoms with Crippen molar-refractivity contribution in [3.8, 4) is 0 Å². The van der Waals surface area contributed by atoms with Gasteiger partial charge in [-0.25, -0.2) is 9.59 Å². The third-order valence-electron chi connectivity index (χ3n) is 2.91.